The summed E-state index contributed by atoms with van der Waals surface area (Å²) in [5.74, 6) is 0. The van der Waals surface area contributed by atoms with Gasteiger partial charge < -0.3 is 4.90 Å². The highest BCUT2D eigenvalue weighted by atomic mass is 32.1. The molecule has 0 amide bonds. The van der Waals surface area contributed by atoms with Crippen LogP contribution in [0.15, 0.2) is 164 Å². The van der Waals surface area contributed by atoms with Crippen LogP contribution < -0.4 is 4.90 Å². The summed E-state index contributed by atoms with van der Waals surface area (Å²) in [6, 6.07) is 60.6. The molecule has 1 aliphatic carbocycles. The van der Waals surface area contributed by atoms with Crippen molar-refractivity contribution in [1.82, 2.24) is 0 Å². The van der Waals surface area contributed by atoms with Gasteiger partial charge in [0.2, 0.25) is 0 Å². The van der Waals surface area contributed by atoms with Gasteiger partial charge in [-0.25, -0.2) is 0 Å². The summed E-state index contributed by atoms with van der Waals surface area (Å²) in [5, 5.41) is 7.70. The molecule has 0 atom stereocenters. The fourth-order valence-electron chi connectivity index (χ4n) is 8.25. The molecule has 9 aromatic rings. The highest BCUT2D eigenvalue weighted by Crippen LogP contribution is 2.56. The monoisotopic (exact) mass is 643 g/mol. The van der Waals surface area contributed by atoms with Gasteiger partial charge in [0.25, 0.3) is 0 Å². The summed E-state index contributed by atoms with van der Waals surface area (Å²) in [7, 11) is 0. The Morgan fingerprint density at radius 3 is 2.08 bits per heavy atom. The molecular formula is C47H33NS. The minimum atomic E-state index is -0.100. The summed E-state index contributed by atoms with van der Waals surface area (Å²) in [5.41, 5.74) is 11.3. The van der Waals surface area contributed by atoms with E-state index in [0.29, 0.717) is 0 Å². The van der Waals surface area contributed by atoms with E-state index in [1.54, 1.807) is 0 Å². The predicted octanol–water partition coefficient (Wildman–Crippen LogP) is 13.8. The van der Waals surface area contributed by atoms with E-state index in [2.05, 4.69) is 183 Å². The van der Waals surface area contributed by atoms with Crippen molar-refractivity contribution in [1.29, 1.82) is 0 Å². The maximum absolute atomic E-state index is 2.55. The molecule has 0 bridgehead atoms. The molecule has 0 unspecified atom stereocenters. The zero-order valence-electron chi connectivity index (χ0n) is 27.4. The number of nitrogens with zero attached hydrogens (tertiary/aromatic N) is 1. The molecule has 10 rings (SSSR count). The van der Waals surface area contributed by atoms with Crippen LogP contribution in [-0.2, 0) is 5.41 Å². The second kappa shape index (κ2) is 10.7. The fourth-order valence-corrected chi connectivity index (χ4v) is 9.47. The highest BCUT2D eigenvalue weighted by molar-refractivity contribution is 7.26. The van der Waals surface area contributed by atoms with Crippen molar-refractivity contribution >= 4 is 70.1 Å². The molecule has 8 aromatic carbocycles. The zero-order valence-corrected chi connectivity index (χ0v) is 28.3. The Kier molecular flexibility index (Phi) is 6.16. The van der Waals surface area contributed by atoms with Crippen molar-refractivity contribution < 1.29 is 0 Å². The minimum absolute atomic E-state index is 0.100. The van der Waals surface area contributed by atoms with Gasteiger partial charge in [-0.1, -0.05) is 141 Å². The summed E-state index contributed by atoms with van der Waals surface area (Å²) < 4.78 is 2.61. The summed E-state index contributed by atoms with van der Waals surface area (Å²) in [6.45, 7) is 4.73. The normalized spacial score (nSPS) is 13.3. The van der Waals surface area contributed by atoms with Gasteiger partial charge in [0, 0.05) is 32.1 Å². The number of thiophene rings is 1. The molecule has 1 heterocycles. The number of hydrogen-bond acceptors (Lipinski definition) is 2. The predicted molar refractivity (Wildman–Crippen MR) is 212 cm³/mol. The first-order valence-electron chi connectivity index (χ1n) is 17.0. The summed E-state index contributed by atoms with van der Waals surface area (Å²) in [6.07, 6.45) is 0. The van der Waals surface area contributed by atoms with E-state index in [-0.39, 0.29) is 5.41 Å². The van der Waals surface area contributed by atoms with Crippen LogP contribution in [0.3, 0.4) is 0 Å². The lowest BCUT2D eigenvalue weighted by Gasteiger charge is -2.30. The Labute approximate surface area is 290 Å². The Morgan fingerprint density at radius 2 is 1.18 bits per heavy atom. The minimum Gasteiger partial charge on any atom is -0.308 e. The van der Waals surface area contributed by atoms with Crippen LogP contribution in [0.4, 0.5) is 17.1 Å². The van der Waals surface area contributed by atoms with Gasteiger partial charge >= 0.3 is 0 Å². The third-order valence-corrected chi connectivity index (χ3v) is 11.8. The first kappa shape index (κ1) is 28.3. The van der Waals surface area contributed by atoms with E-state index >= 15 is 0 Å². The first-order chi connectivity index (χ1) is 24.1. The second-order valence-electron chi connectivity index (χ2n) is 13.7. The maximum Gasteiger partial charge on any atom is 0.0647 e. The standard InChI is InChI=1S/C47H33NS/c1-47(2)39-21-9-7-19-37(39)45-40(47)22-12-23-41(45)48(35-17-11-16-32(28-35)33-26-25-30-13-3-4-14-31(30)27-33)42-29-34-15-5-6-18-36(34)44-38-20-8-10-24-43(38)49-46(42)44/h3-29H,1-2H3. The van der Waals surface area contributed by atoms with E-state index in [9.17, 15) is 0 Å². The average molecular weight is 644 g/mol. The Hall–Kier alpha value is -5.70. The van der Waals surface area contributed by atoms with E-state index in [1.165, 1.54) is 86.5 Å². The lowest BCUT2D eigenvalue weighted by Crippen LogP contribution is -2.16. The van der Waals surface area contributed by atoms with Gasteiger partial charge in [-0.15, -0.1) is 11.3 Å². The summed E-state index contributed by atoms with van der Waals surface area (Å²) >= 11 is 1.90. The van der Waals surface area contributed by atoms with Gasteiger partial charge in [-0.2, -0.15) is 0 Å². The largest absolute Gasteiger partial charge is 0.308 e. The molecule has 0 spiro atoms. The molecule has 0 aliphatic heterocycles. The van der Waals surface area contributed by atoms with Crippen molar-refractivity contribution in [3.8, 4) is 22.3 Å². The van der Waals surface area contributed by atoms with Crippen LogP contribution >= 0.6 is 11.3 Å². The maximum atomic E-state index is 2.55. The second-order valence-corrected chi connectivity index (χ2v) is 14.8. The third-order valence-electron chi connectivity index (χ3n) is 10.6. The molecule has 2 heteroatoms. The van der Waals surface area contributed by atoms with Gasteiger partial charge in [0.05, 0.1) is 16.1 Å². The molecule has 0 saturated carbocycles. The number of hydrogen-bond donors (Lipinski definition) is 0. The van der Waals surface area contributed by atoms with Crippen LogP contribution in [-0.4, -0.2) is 0 Å². The average Bonchev–Trinajstić information content (AvgIpc) is 3.65. The van der Waals surface area contributed by atoms with Crippen LogP contribution in [0.1, 0.15) is 25.0 Å². The summed E-state index contributed by atoms with van der Waals surface area (Å²) in [4.78, 5) is 2.55. The number of anilines is 3. The molecule has 1 aromatic heterocycles. The van der Waals surface area contributed by atoms with Crippen LogP contribution in [0, 0.1) is 0 Å². The number of fused-ring (bicyclic) bond motifs is 9. The SMILES string of the molecule is CC1(C)c2ccccc2-c2c(N(c3cccc(-c4ccc5ccccc5c4)c3)c3cc4ccccc4c4c3sc3ccccc34)cccc21. The van der Waals surface area contributed by atoms with Crippen LogP contribution in [0.25, 0.3) is 64.0 Å². The van der Waals surface area contributed by atoms with Gasteiger partial charge in [0.1, 0.15) is 0 Å². The first-order valence-corrected chi connectivity index (χ1v) is 17.8. The van der Waals surface area contributed by atoms with Crippen molar-refractivity contribution in [2.75, 3.05) is 4.90 Å². The molecule has 0 fully saturated rings. The highest BCUT2D eigenvalue weighted by Gasteiger charge is 2.38. The van der Waals surface area contributed by atoms with E-state index in [0.717, 1.165) is 5.69 Å². The lowest BCUT2D eigenvalue weighted by molar-refractivity contribution is 0.660. The number of benzene rings is 8. The van der Waals surface area contributed by atoms with Crippen molar-refractivity contribution in [2.45, 2.75) is 19.3 Å². The van der Waals surface area contributed by atoms with E-state index in [1.807, 2.05) is 11.3 Å². The Bertz CT molecular complexity index is 2770. The van der Waals surface area contributed by atoms with Gasteiger partial charge in [-0.05, 0) is 85.8 Å². The molecule has 1 aliphatic rings. The quantitative estimate of drug-likeness (QED) is 0.184. The molecular weight excluding hydrogens is 611 g/mol. The van der Waals surface area contributed by atoms with Crippen molar-refractivity contribution in [3.05, 3.63) is 175 Å². The van der Waals surface area contributed by atoms with Crippen LogP contribution in [0.5, 0.6) is 0 Å². The lowest BCUT2D eigenvalue weighted by atomic mass is 9.82. The van der Waals surface area contributed by atoms with Gasteiger partial charge in [0.15, 0.2) is 0 Å². The number of rotatable bonds is 4. The molecule has 49 heavy (non-hydrogen) atoms. The molecule has 0 saturated heterocycles. The van der Waals surface area contributed by atoms with E-state index in [4.69, 9.17) is 0 Å². The van der Waals surface area contributed by atoms with Gasteiger partial charge in [-0.3, -0.25) is 0 Å². The smallest absolute Gasteiger partial charge is 0.0647 e. The van der Waals surface area contributed by atoms with E-state index < -0.39 is 0 Å². The molecule has 0 N–H and O–H groups in total. The Balaban J connectivity index is 1.30. The topological polar surface area (TPSA) is 3.24 Å². The zero-order chi connectivity index (χ0) is 32.7. The van der Waals surface area contributed by atoms with Crippen molar-refractivity contribution in [2.24, 2.45) is 0 Å². The molecule has 232 valence electrons. The van der Waals surface area contributed by atoms with Crippen molar-refractivity contribution in [3.63, 3.8) is 0 Å². The molecule has 1 nitrogen and oxygen atoms in total. The third kappa shape index (κ3) is 4.24. The Morgan fingerprint density at radius 1 is 0.490 bits per heavy atom. The van der Waals surface area contributed by atoms with Crippen LogP contribution in [0.2, 0.25) is 0 Å². The molecule has 0 radical (unpaired) electrons. The fraction of sp³-hybridized carbons (Fsp3) is 0.0638.